The first-order valence-electron chi connectivity index (χ1n) is 17.9. The number of carbonyl (C=O) groups excluding carboxylic acids is 2. The van der Waals surface area contributed by atoms with E-state index >= 15 is 0 Å². The Hall–Kier alpha value is -1.25. The fraction of sp³-hybridized carbons (Fsp3) is 0.886. The molecule has 0 aliphatic rings. The van der Waals surface area contributed by atoms with Crippen LogP contribution in [0, 0.1) is 0 Å². The lowest BCUT2D eigenvalue weighted by Gasteiger charge is -2.24. The molecule has 0 saturated heterocycles. The van der Waals surface area contributed by atoms with Gasteiger partial charge in [-0.3, -0.25) is 18.6 Å². The molecule has 0 fully saturated rings. The molecule has 0 aliphatic carbocycles. The Bertz CT molecular complexity index is 799. The molecule has 0 saturated carbocycles. The molecule has 0 aromatic carbocycles. The highest BCUT2D eigenvalue weighted by Crippen LogP contribution is 2.43. The number of nitrogens with zero attached hydrogens (tertiary/aromatic N) is 1. The summed E-state index contributed by atoms with van der Waals surface area (Å²) >= 11 is 0. The molecular weight excluding hydrogens is 593 g/mol. The van der Waals surface area contributed by atoms with Crippen molar-refractivity contribution in [3.8, 4) is 0 Å². The molecule has 10 heteroatoms. The van der Waals surface area contributed by atoms with Gasteiger partial charge in [0.1, 0.15) is 19.8 Å². The summed E-state index contributed by atoms with van der Waals surface area (Å²) in [5.41, 5.74) is 0. The summed E-state index contributed by atoms with van der Waals surface area (Å²) in [5.74, 6) is -0.821. The highest BCUT2D eigenvalue weighted by Gasteiger charge is 2.27. The molecule has 0 rings (SSSR count). The Morgan fingerprint density at radius 1 is 0.667 bits per heavy atom. The van der Waals surface area contributed by atoms with Crippen LogP contribution in [0.1, 0.15) is 149 Å². The molecule has 0 radical (unpaired) electrons. The number of carbonyl (C=O) groups is 2. The fourth-order valence-electron chi connectivity index (χ4n) is 4.65. The molecule has 0 bridgehead atoms. The molecular formula is C35H69NO8P+. The maximum absolute atomic E-state index is 12.5. The van der Waals surface area contributed by atoms with E-state index in [1.54, 1.807) is 0 Å². The molecule has 0 heterocycles. The van der Waals surface area contributed by atoms with Crippen molar-refractivity contribution in [1.82, 2.24) is 0 Å². The number of quaternary nitrogens is 1. The van der Waals surface area contributed by atoms with Crippen LogP contribution in [0.3, 0.4) is 0 Å². The average molecular weight is 663 g/mol. The van der Waals surface area contributed by atoms with Crippen molar-refractivity contribution in [2.24, 2.45) is 0 Å². The Labute approximate surface area is 276 Å². The molecule has 9 nitrogen and oxygen atoms in total. The van der Waals surface area contributed by atoms with Gasteiger partial charge >= 0.3 is 19.8 Å². The number of rotatable bonds is 32. The summed E-state index contributed by atoms with van der Waals surface area (Å²) in [6.45, 7) is 4.30. The van der Waals surface area contributed by atoms with Crippen molar-refractivity contribution in [2.45, 2.75) is 155 Å². The molecule has 266 valence electrons. The van der Waals surface area contributed by atoms with Gasteiger partial charge < -0.3 is 18.9 Å². The quantitative estimate of drug-likeness (QED) is 0.0250. The highest BCUT2D eigenvalue weighted by molar-refractivity contribution is 7.47. The third kappa shape index (κ3) is 32.5. The molecule has 2 unspecified atom stereocenters. The Balaban J connectivity index is 4.35. The number of esters is 2. The number of hydrogen-bond donors (Lipinski definition) is 1. The number of phosphoric ester groups is 1. The summed E-state index contributed by atoms with van der Waals surface area (Å²) in [7, 11) is 1.47. The second-order valence-corrected chi connectivity index (χ2v) is 14.7. The zero-order valence-electron chi connectivity index (χ0n) is 29.6. The minimum absolute atomic E-state index is 0.0320. The van der Waals surface area contributed by atoms with E-state index in [9.17, 15) is 19.0 Å². The number of allylic oxidation sites excluding steroid dienone is 2. The van der Waals surface area contributed by atoms with Crippen molar-refractivity contribution >= 4 is 19.8 Å². The number of unbranched alkanes of at least 4 members (excludes halogenated alkanes) is 16. The molecule has 0 aromatic heterocycles. The minimum Gasteiger partial charge on any atom is -0.462 e. The predicted molar refractivity (Wildman–Crippen MR) is 183 cm³/mol. The molecule has 0 aliphatic heterocycles. The van der Waals surface area contributed by atoms with E-state index < -0.39 is 26.5 Å². The van der Waals surface area contributed by atoms with Gasteiger partial charge in [0.25, 0.3) is 0 Å². The monoisotopic (exact) mass is 662 g/mol. The molecule has 2 atom stereocenters. The van der Waals surface area contributed by atoms with Crippen LogP contribution < -0.4 is 0 Å². The van der Waals surface area contributed by atoms with E-state index in [-0.39, 0.29) is 32.0 Å². The third-order valence-electron chi connectivity index (χ3n) is 7.55. The third-order valence-corrected chi connectivity index (χ3v) is 8.53. The normalized spacial score (nSPS) is 14.0. The van der Waals surface area contributed by atoms with Crippen LogP contribution in [0.25, 0.3) is 0 Å². The van der Waals surface area contributed by atoms with Gasteiger partial charge in [0, 0.05) is 12.8 Å². The Morgan fingerprint density at radius 3 is 1.64 bits per heavy atom. The molecule has 0 spiro atoms. The van der Waals surface area contributed by atoms with Gasteiger partial charge in [0.05, 0.1) is 27.7 Å². The standard InChI is InChI=1S/C35H68NO8P/c1-6-8-10-12-13-14-15-16-17-18-19-20-21-22-24-26-28-35(38)44-33(31-41-34(37)27-25-23-11-9-7-2)32-43-45(39,40)42-30-29-36(3,4)5/h17-18,33H,6-16,19-32H2,1-5H3/p+1/b18-17-. The molecule has 0 aromatic rings. The van der Waals surface area contributed by atoms with Crippen LogP contribution in [0.4, 0.5) is 0 Å². The van der Waals surface area contributed by atoms with Gasteiger partial charge in [-0.1, -0.05) is 109 Å². The molecule has 45 heavy (non-hydrogen) atoms. The number of likely N-dealkylation sites (N-methyl/N-ethyl adjacent to an activating group) is 1. The Morgan fingerprint density at radius 2 is 1.13 bits per heavy atom. The maximum Gasteiger partial charge on any atom is 0.472 e. The predicted octanol–water partition coefficient (Wildman–Crippen LogP) is 9.07. The summed E-state index contributed by atoms with van der Waals surface area (Å²) in [6, 6.07) is 0. The molecule has 1 N–H and O–H groups in total. The van der Waals surface area contributed by atoms with Crippen LogP contribution in [-0.4, -0.2) is 74.9 Å². The lowest BCUT2D eigenvalue weighted by Crippen LogP contribution is -2.37. The first kappa shape index (κ1) is 43.8. The fourth-order valence-corrected chi connectivity index (χ4v) is 5.39. The first-order valence-corrected chi connectivity index (χ1v) is 19.4. The molecule has 0 amide bonds. The lowest BCUT2D eigenvalue weighted by molar-refractivity contribution is -0.870. The number of ether oxygens (including phenoxy) is 2. The van der Waals surface area contributed by atoms with E-state index in [1.807, 2.05) is 21.1 Å². The van der Waals surface area contributed by atoms with Gasteiger partial charge in [-0.15, -0.1) is 0 Å². The van der Waals surface area contributed by atoms with Gasteiger partial charge in [-0.25, -0.2) is 4.57 Å². The van der Waals surface area contributed by atoms with Crippen molar-refractivity contribution in [3.05, 3.63) is 12.2 Å². The largest absolute Gasteiger partial charge is 0.472 e. The topological polar surface area (TPSA) is 108 Å². The highest BCUT2D eigenvalue weighted by atomic mass is 31.2. The van der Waals surface area contributed by atoms with Gasteiger partial charge in [-0.2, -0.15) is 0 Å². The van der Waals surface area contributed by atoms with Gasteiger partial charge in [0.2, 0.25) is 0 Å². The maximum atomic E-state index is 12.5. The summed E-state index contributed by atoms with van der Waals surface area (Å²) in [5, 5.41) is 0. The van der Waals surface area contributed by atoms with E-state index in [1.165, 1.54) is 51.4 Å². The second-order valence-electron chi connectivity index (χ2n) is 13.3. The Kier molecular flexibility index (Phi) is 28.1. The summed E-state index contributed by atoms with van der Waals surface area (Å²) < 4.78 is 33.9. The minimum atomic E-state index is -4.35. The smallest absolute Gasteiger partial charge is 0.462 e. The second kappa shape index (κ2) is 28.9. The zero-order chi connectivity index (χ0) is 33.7. The number of hydrogen-bond acceptors (Lipinski definition) is 7. The number of phosphoric acid groups is 1. The van der Waals surface area contributed by atoms with E-state index in [0.717, 1.165) is 64.2 Å². The zero-order valence-corrected chi connectivity index (χ0v) is 30.5. The van der Waals surface area contributed by atoms with Crippen LogP contribution >= 0.6 is 7.82 Å². The van der Waals surface area contributed by atoms with Crippen molar-refractivity contribution in [2.75, 3.05) is 47.5 Å². The van der Waals surface area contributed by atoms with Gasteiger partial charge in [0.15, 0.2) is 6.10 Å². The SMILES string of the molecule is CCCCCCCCC/C=C\CCCCCCCC(=O)OC(COC(=O)CCCCCCC)COP(=O)(O)OCC[N+](C)(C)C. The van der Waals surface area contributed by atoms with Crippen LogP contribution in [-0.2, 0) is 32.7 Å². The van der Waals surface area contributed by atoms with Gasteiger partial charge in [-0.05, 0) is 38.5 Å². The van der Waals surface area contributed by atoms with E-state index in [0.29, 0.717) is 17.4 Å². The van der Waals surface area contributed by atoms with Crippen molar-refractivity contribution < 1.29 is 42.1 Å². The van der Waals surface area contributed by atoms with Crippen LogP contribution in [0.15, 0.2) is 12.2 Å². The summed E-state index contributed by atoms with van der Waals surface area (Å²) in [4.78, 5) is 34.8. The lowest BCUT2D eigenvalue weighted by atomic mass is 10.1. The summed E-state index contributed by atoms with van der Waals surface area (Å²) in [6.07, 6.45) is 25.8. The first-order chi connectivity index (χ1) is 21.5. The van der Waals surface area contributed by atoms with E-state index in [2.05, 4.69) is 26.0 Å². The van der Waals surface area contributed by atoms with Crippen molar-refractivity contribution in [1.29, 1.82) is 0 Å². The average Bonchev–Trinajstić information content (AvgIpc) is 2.97. The van der Waals surface area contributed by atoms with Crippen LogP contribution in [0.5, 0.6) is 0 Å². The van der Waals surface area contributed by atoms with Crippen molar-refractivity contribution in [3.63, 3.8) is 0 Å². The van der Waals surface area contributed by atoms with Crippen LogP contribution in [0.2, 0.25) is 0 Å². The van der Waals surface area contributed by atoms with E-state index in [4.69, 9.17) is 18.5 Å².